The third-order valence-corrected chi connectivity index (χ3v) is 3.53. The standard InChI is InChI=1S/C15H17BrN2O/c1-9(2)14-10(3)17-13(18-15(14)19)8-11-5-4-6-12(16)7-11/h4-7,9H,8H2,1-3H3,(H,17,18,19). The second-order valence-electron chi connectivity index (χ2n) is 4.97. The van der Waals surface area contributed by atoms with Gasteiger partial charge in [0.1, 0.15) is 5.82 Å². The zero-order valence-electron chi connectivity index (χ0n) is 11.3. The lowest BCUT2D eigenvalue weighted by atomic mass is 10.0. The molecule has 1 aromatic heterocycles. The number of hydrogen-bond donors (Lipinski definition) is 1. The minimum Gasteiger partial charge on any atom is -0.310 e. The number of aromatic nitrogens is 2. The monoisotopic (exact) mass is 320 g/mol. The normalized spacial score (nSPS) is 11.0. The molecule has 0 radical (unpaired) electrons. The molecule has 1 N–H and O–H groups in total. The summed E-state index contributed by atoms with van der Waals surface area (Å²) in [6.45, 7) is 5.91. The number of nitrogens with one attached hydrogen (secondary N) is 1. The molecular formula is C15H17BrN2O. The number of hydrogen-bond acceptors (Lipinski definition) is 2. The molecule has 19 heavy (non-hydrogen) atoms. The van der Waals surface area contributed by atoms with Gasteiger partial charge in [-0.05, 0) is 30.5 Å². The van der Waals surface area contributed by atoms with Crippen molar-refractivity contribution in [3.8, 4) is 0 Å². The van der Waals surface area contributed by atoms with Gasteiger partial charge in [-0.15, -0.1) is 0 Å². The first kappa shape index (κ1) is 14.0. The fourth-order valence-corrected chi connectivity index (χ4v) is 2.70. The zero-order chi connectivity index (χ0) is 14.0. The van der Waals surface area contributed by atoms with E-state index in [1.165, 1.54) is 0 Å². The Hall–Kier alpha value is -1.42. The first-order valence-corrected chi connectivity index (χ1v) is 7.11. The molecule has 0 fully saturated rings. The van der Waals surface area contributed by atoms with E-state index in [0.717, 1.165) is 21.3 Å². The minimum absolute atomic E-state index is 0.0208. The average molecular weight is 321 g/mol. The van der Waals surface area contributed by atoms with Crippen LogP contribution in [0.1, 0.15) is 42.4 Å². The fourth-order valence-electron chi connectivity index (χ4n) is 2.26. The van der Waals surface area contributed by atoms with Crippen LogP contribution < -0.4 is 5.56 Å². The van der Waals surface area contributed by atoms with Gasteiger partial charge in [0, 0.05) is 22.2 Å². The van der Waals surface area contributed by atoms with Crippen LogP contribution in [0.4, 0.5) is 0 Å². The molecule has 0 aliphatic rings. The van der Waals surface area contributed by atoms with Crippen LogP contribution in [0.5, 0.6) is 0 Å². The van der Waals surface area contributed by atoms with E-state index in [2.05, 4.69) is 25.9 Å². The van der Waals surface area contributed by atoms with Crippen LogP contribution in [0.15, 0.2) is 33.5 Å². The third kappa shape index (κ3) is 3.32. The summed E-state index contributed by atoms with van der Waals surface area (Å²) in [5.41, 5.74) is 2.70. The van der Waals surface area contributed by atoms with E-state index in [1.807, 2.05) is 45.0 Å². The van der Waals surface area contributed by atoms with Crippen LogP contribution in [0.25, 0.3) is 0 Å². The molecule has 0 bridgehead atoms. The molecule has 1 heterocycles. The van der Waals surface area contributed by atoms with Crippen molar-refractivity contribution >= 4 is 15.9 Å². The van der Waals surface area contributed by atoms with E-state index < -0.39 is 0 Å². The van der Waals surface area contributed by atoms with Crippen LogP contribution in [0.3, 0.4) is 0 Å². The topological polar surface area (TPSA) is 45.8 Å². The Morgan fingerprint density at radius 1 is 1.37 bits per heavy atom. The number of rotatable bonds is 3. The van der Waals surface area contributed by atoms with Gasteiger partial charge in [-0.1, -0.05) is 41.9 Å². The van der Waals surface area contributed by atoms with Gasteiger partial charge < -0.3 is 4.98 Å². The Morgan fingerprint density at radius 2 is 2.11 bits per heavy atom. The number of aryl methyl sites for hydroxylation is 1. The van der Waals surface area contributed by atoms with Crippen molar-refractivity contribution in [3.63, 3.8) is 0 Å². The molecule has 0 saturated heterocycles. The van der Waals surface area contributed by atoms with Crippen LogP contribution >= 0.6 is 15.9 Å². The lowest BCUT2D eigenvalue weighted by molar-refractivity contribution is 0.791. The van der Waals surface area contributed by atoms with Crippen LogP contribution in [-0.2, 0) is 6.42 Å². The molecule has 100 valence electrons. The van der Waals surface area contributed by atoms with Gasteiger partial charge in [-0.25, -0.2) is 4.98 Å². The highest BCUT2D eigenvalue weighted by molar-refractivity contribution is 9.10. The summed E-state index contributed by atoms with van der Waals surface area (Å²) >= 11 is 3.44. The van der Waals surface area contributed by atoms with Crippen LogP contribution in [0, 0.1) is 6.92 Å². The molecule has 0 amide bonds. The summed E-state index contributed by atoms with van der Waals surface area (Å²) in [5.74, 6) is 0.904. The molecule has 0 unspecified atom stereocenters. The third-order valence-electron chi connectivity index (χ3n) is 3.03. The van der Waals surface area contributed by atoms with Crippen LogP contribution in [-0.4, -0.2) is 9.97 Å². The van der Waals surface area contributed by atoms with E-state index >= 15 is 0 Å². The van der Waals surface area contributed by atoms with Crippen molar-refractivity contribution < 1.29 is 0 Å². The van der Waals surface area contributed by atoms with Crippen molar-refractivity contribution in [2.45, 2.75) is 33.1 Å². The van der Waals surface area contributed by atoms with E-state index in [4.69, 9.17) is 0 Å². The summed E-state index contributed by atoms with van der Waals surface area (Å²) < 4.78 is 1.03. The fraction of sp³-hybridized carbons (Fsp3) is 0.333. The van der Waals surface area contributed by atoms with Crippen molar-refractivity contribution in [2.24, 2.45) is 0 Å². The van der Waals surface area contributed by atoms with E-state index in [9.17, 15) is 4.79 Å². The molecule has 2 aromatic rings. The van der Waals surface area contributed by atoms with Gasteiger partial charge in [0.05, 0.1) is 0 Å². The summed E-state index contributed by atoms with van der Waals surface area (Å²) in [5, 5.41) is 0. The number of aromatic amines is 1. The van der Waals surface area contributed by atoms with Crippen LogP contribution in [0.2, 0.25) is 0 Å². The quantitative estimate of drug-likeness (QED) is 0.939. The second-order valence-corrected chi connectivity index (χ2v) is 5.89. The molecular weight excluding hydrogens is 304 g/mol. The molecule has 3 nitrogen and oxygen atoms in total. The van der Waals surface area contributed by atoms with Gasteiger partial charge in [0.25, 0.3) is 5.56 Å². The first-order chi connectivity index (χ1) is 8.97. The van der Waals surface area contributed by atoms with E-state index in [-0.39, 0.29) is 11.5 Å². The molecule has 0 spiro atoms. The zero-order valence-corrected chi connectivity index (χ0v) is 12.9. The lowest BCUT2D eigenvalue weighted by Gasteiger charge is -2.09. The summed E-state index contributed by atoms with van der Waals surface area (Å²) in [7, 11) is 0. The SMILES string of the molecule is Cc1nc(Cc2cccc(Br)c2)[nH]c(=O)c1C(C)C. The number of nitrogens with zero attached hydrogens (tertiary/aromatic N) is 1. The summed E-state index contributed by atoms with van der Waals surface area (Å²) in [6, 6.07) is 8.02. The maximum atomic E-state index is 12.1. The lowest BCUT2D eigenvalue weighted by Crippen LogP contribution is -2.20. The van der Waals surface area contributed by atoms with Gasteiger partial charge in [0.15, 0.2) is 0 Å². The summed E-state index contributed by atoms with van der Waals surface area (Å²) in [4.78, 5) is 19.4. The number of halogens is 1. The predicted molar refractivity (Wildman–Crippen MR) is 80.6 cm³/mol. The number of benzene rings is 1. The Morgan fingerprint density at radius 3 is 2.68 bits per heavy atom. The Kier molecular flexibility index (Phi) is 4.20. The molecule has 2 rings (SSSR count). The molecule has 1 aromatic carbocycles. The Balaban J connectivity index is 2.35. The van der Waals surface area contributed by atoms with Gasteiger partial charge >= 0.3 is 0 Å². The molecule has 0 saturated carbocycles. The highest BCUT2D eigenvalue weighted by Gasteiger charge is 2.11. The highest BCUT2D eigenvalue weighted by Crippen LogP contribution is 2.15. The minimum atomic E-state index is -0.0208. The van der Waals surface area contributed by atoms with Gasteiger partial charge in [-0.3, -0.25) is 4.79 Å². The molecule has 4 heteroatoms. The van der Waals surface area contributed by atoms with E-state index in [0.29, 0.717) is 12.2 Å². The van der Waals surface area contributed by atoms with Gasteiger partial charge in [0.2, 0.25) is 0 Å². The van der Waals surface area contributed by atoms with Crippen molar-refractivity contribution in [3.05, 3.63) is 61.7 Å². The highest BCUT2D eigenvalue weighted by atomic mass is 79.9. The molecule has 0 atom stereocenters. The average Bonchev–Trinajstić information content (AvgIpc) is 2.27. The predicted octanol–water partition coefficient (Wildman–Crippen LogP) is 3.56. The van der Waals surface area contributed by atoms with Crippen molar-refractivity contribution in [1.82, 2.24) is 9.97 Å². The maximum Gasteiger partial charge on any atom is 0.254 e. The van der Waals surface area contributed by atoms with Gasteiger partial charge in [-0.2, -0.15) is 0 Å². The largest absolute Gasteiger partial charge is 0.310 e. The van der Waals surface area contributed by atoms with Crippen molar-refractivity contribution in [2.75, 3.05) is 0 Å². The molecule has 0 aliphatic carbocycles. The maximum absolute atomic E-state index is 12.1. The Bertz CT molecular complexity index is 647. The van der Waals surface area contributed by atoms with Crippen molar-refractivity contribution in [1.29, 1.82) is 0 Å². The second kappa shape index (κ2) is 5.70. The number of H-pyrrole nitrogens is 1. The molecule has 0 aliphatic heterocycles. The smallest absolute Gasteiger partial charge is 0.254 e. The Labute approximate surface area is 121 Å². The van der Waals surface area contributed by atoms with E-state index in [1.54, 1.807) is 0 Å². The summed E-state index contributed by atoms with van der Waals surface area (Å²) in [6.07, 6.45) is 0.633. The first-order valence-electron chi connectivity index (χ1n) is 6.31.